The van der Waals surface area contributed by atoms with E-state index in [0.717, 1.165) is 16.4 Å². The lowest BCUT2D eigenvalue weighted by Crippen LogP contribution is -2.33. The van der Waals surface area contributed by atoms with Crippen LogP contribution in [0.15, 0.2) is 5.16 Å². The summed E-state index contributed by atoms with van der Waals surface area (Å²) >= 11 is 1.13. The van der Waals surface area contributed by atoms with Crippen molar-refractivity contribution in [1.82, 2.24) is 25.5 Å². The molecule has 1 unspecified atom stereocenters. The van der Waals surface area contributed by atoms with Gasteiger partial charge in [0.15, 0.2) is 0 Å². The maximum absolute atomic E-state index is 11.8. The van der Waals surface area contributed by atoms with Gasteiger partial charge in [-0.15, -0.1) is 5.10 Å². The number of rotatable bonds is 7. The van der Waals surface area contributed by atoms with Gasteiger partial charge >= 0.3 is 5.97 Å². The Labute approximate surface area is 114 Å². The Morgan fingerprint density at radius 2 is 2.11 bits per heavy atom. The highest BCUT2D eigenvalue weighted by Gasteiger charge is 2.19. The van der Waals surface area contributed by atoms with E-state index in [1.807, 2.05) is 13.8 Å². The van der Waals surface area contributed by atoms with Crippen molar-refractivity contribution in [3.05, 3.63) is 0 Å². The number of carbonyl (C=O) groups is 2. The molecule has 0 fully saturated rings. The summed E-state index contributed by atoms with van der Waals surface area (Å²) in [6, 6.07) is 0. The Morgan fingerprint density at radius 3 is 2.68 bits per heavy atom. The van der Waals surface area contributed by atoms with Crippen molar-refractivity contribution in [1.29, 1.82) is 0 Å². The molecule has 0 spiro atoms. The monoisotopic (exact) mass is 287 g/mol. The number of nitrogens with one attached hydrogen (secondary N) is 1. The van der Waals surface area contributed by atoms with Crippen molar-refractivity contribution in [3.8, 4) is 0 Å². The Kier molecular flexibility index (Phi) is 5.74. The normalized spacial score (nSPS) is 12.4. The van der Waals surface area contributed by atoms with E-state index in [1.54, 1.807) is 6.92 Å². The molecule has 1 aromatic rings. The van der Waals surface area contributed by atoms with Crippen molar-refractivity contribution < 1.29 is 14.7 Å². The van der Waals surface area contributed by atoms with Gasteiger partial charge in [0.25, 0.3) is 0 Å². The molecule has 0 saturated carbocycles. The van der Waals surface area contributed by atoms with Gasteiger partial charge in [0.1, 0.15) is 6.54 Å². The van der Waals surface area contributed by atoms with Crippen LogP contribution >= 0.6 is 11.8 Å². The number of carboxylic acid groups (broad SMARTS) is 1. The van der Waals surface area contributed by atoms with Gasteiger partial charge in [-0.05, 0) is 23.3 Å². The van der Waals surface area contributed by atoms with E-state index in [4.69, 9.17) is 5.11 Å². The molecule has 106 valence electrons. The molecule has 8 nitrogen and oxygen atoms in total. The molecule has 0 aliphatic carbocycles. The summed E-state index contributed by atoms with van der Waals surface area (Å²) in [6.45, 7) is 6.01. The third-order valence-corrected chi connectivity index (χ3v) is 3.19. The fraction of sp³-hybridized carbons (Fsp3) is 0.700. The van der Waals surface area contributed by atoms with E-state index in [0.29, 0.717) is 17.6 Å². The summed E-state index contributed by atoms with van der Waals surface area (Å²) in [5.74, 6) is -0.784. The van der Waals surface area contributed by atoms with E-state index in [2.05, 4.69) is 20.8 Å². The van der Waals surface area contributed by atoms with Crippen LogP contribution in [0.1, 0.15) is 20.8 Å². The maximum Gasteiger partial charge on any atom is 0.325 e. The summed E-state index contributed by atoms with van der Waals surface area (Å²) in [4.78, 5) is 22.4. The fourth-order valence-corrected chi connectivity index (χ4v) is 1.98. The van der Waals surface area contributed by atoms with Gasteiger partial charge in [-0.25, -0.2) is 4.68 Å². The summed E-state index contributed by atoms with van der Waals surface area (Å²) in [6.07, 6.45) is 0. The zero-order chi connectivity index (χ0) is 14.4. The Hall–Kier alpha value is -1.64. The lowest BCUT2D eigenvalue weighted by molar-refractivity contribution is -0.138. The minimum Gasteiger partial charge on any atom is -0.480 e. The van der Waals surface area contributed by atoms with Gasteiger partial charge in [-0.1, -0.05) is 25.6 Å². The van der Waals surface area contributed by atoms with Gasteiger partial charge in [0, 0.05) is 6.54 Å². The van der Waals surface area contributed by atoms with Gasteiger partial charge in [0.2, 0.25) is 11.1 Å². The molecule has 1 atom stereocenters. The fourth-order valence-electron chi connectivity index (χ4n) is 1.17. The molecule has 0 bridgehead atoms. The Morgan fingerprint density at radius 1 is 1.42 bits per heavy atom. The number of aliphatic carboxylic acids is 1. The van der Waals surface area contributed by atoms with Gasteiger partial charge < -0.3 is 10.4 Å². The second-order valence-corrected chi connectivity index (χ2v) is 5.72. The first-order chi connectivity index (χ1) is 8.90. The smallest absolute Gasteiger partial charge is 0.325 e. The number of hydrogen-bond donors (Lipinski definition) is 2. The highest BCUT2D eigenvalue weighted by molar-refractivity contribution is 8.00. The summed E-state index contributed by atoms with van der Waals surface area (Å²) < 4.78 is 1.15. The minimum atomic E-state index is -1.04. The van der Waals surface area contributed by atoms with Crippen molar-refractivity contribution >= 4 is 23.6 Å². The largest absolute Gasteiger partial charge is 0.480 e. The molecule has 1 aromatic heterocycles. The van der Waals surface area contributed by atoms with E-state index in [-0.39, 0.29) is 12.5 Å². The number of nitrogens with zero attached hydrogens (tertiary/aromatic N) is 4. The number of aromatic nitrogens is 4. The van der Waals surface area contributed by atoms with Crippen LogP contribution < -0.4 is 5.32 Å². The molecule has 0 aliphatic rings. The minimum absolute atomic E-state index is 0.122. The number of hydrogen-bond acceptors (Lipinski definition) is 6. The number of carboxylic acids is 1. The quantitative estimate of drug-likeness (QED) is 0.680. The summed E-state index contributed by atoms with van der Waals surface area (Å²) in [5.41, 5.74) is 0. The molecule has 19 heavy (non-hydrogen) atoms. The van der Waals surface area contributed by atoms with Crippen LogP contribution in [0.25, 0.3) is 0 Å². The molecular formula is C10H17N5O3S. The van der Waals surface area contributed by atoms with Crippen LogP contribution in [0.3, 0.4) is 0 Å². The van der Waals surface area contributed by atoms with Crippen LogP contribution in [0.4, 0.5) is 0 Å². The number of amides is 1. The van der Waals surface area contributed by atoms with E-state index >= 15 is 0 Å². The topological polar surface area (TPSA) is 110 Å². The molecular weight excluding hydrogens is 270 g/mol. The third-order valence-electron chi connectivity index (χ3n) is 2.12. The first-order valence-corrected chi connectivity index (χ1v) is 6.70. The summed E-state index contributed by atoms with van der Waals surface area (Å²) in [7, 11) is 0. The van der Waals surface area contributed by atoms with E-state index in [9.17, 15) is 9.59 Å². The molecule has 1 amide bonds. The molecule has 1 rings (SSSR count). The molecule has 0 aromatic carbocycles. The summed E-state index contributed by atoms with van der Waals surface area (Å²) in [5, 5.41) is 22.1. The predicted molar refractivity (Wildman–Crippen MR) is 68.6 cm³/mol. The van der Waals surface area contributed by atoms with Crippen molar-refractivity contribution in [2.24, 2.45) is 5.92 Å². The molecule has 0 radical (unpaired) electrons. The highest BCUT2D eigenvalue weighted by atomic mass is 32.2. The molecule has 0 saturated heterocycles. The van der Waals surface area contributed by atoms with Crippen LogP contribution in [-0.4, -0.2) is 49.0 Å². The van der Waals surface area contributed by atoms with Gasteiger partial charge in [-0.2, -0.15) is 0 Å². The van der Waals surface area contributed by atoms with Crippen molar-refractivity contribution in [2.45, 2.75) is 37.7 Å². The van der Waals surface area contributed by atoms with E-state index in [1.165, 1.54) is 0 Å². The number of tetrazole rings is 1. The van der Waals surface area contributed by atoms with E-state index < -0.39 is 11.2 Å². The SMILES string of the molecule is CC(C)CNC(=O)C(C)Sc1nnnn1CC(=O)O. The number of thioether (sulfide) groups is 1. The first kappa shape index (κ1) is 15.4. The average molecular weight is 287 g/mol. The standard InChI is InChI=1S/C10H17N5O3S/c1-6(2)4-11-9(18)7(3)19-10-12-13-14-15(10)5-8(16)17/h6-7H,4-5H2,1-3H3,(H,11,18)(H,16,17). The van der Waals surface area contributed by atoms with Crippen LogP contribution in [0.2, 0.25) is 0 Å². The molecule has 0 aliphatic heterocycles. The highest BCUT2D eigenvalue weighted by Crippen LogP contribution is 2.20. The average Bonchev–Trinajstić information content (AvgIpc) is 2.72. The second kappa shape index (κ2) is 7.07. The zero-order valence-corrected chi connectivity index (χ0v) is 11.8. The maximum atomic E-state index is 11.8. The molecule has 9 heteroatoms. The zero-order valence-electron chi connectivity index (χ0n) is 11.0. The Bertz CT molecular complexity index is 448. The molecule has 1 heterocycles. The van der Waals surface area contributed by atoms with Gasteiger partial charge in [-0.3, -0.25) is 9.59 Å². The van der Waals surface area contributed by atoms with Crippen molar-refractivity contribution in [3.63, 3.8) is 0 Å². The predicted octanol–water partition coefficient (Wildman–Crippen LogP) is 0.0105. The lowest BCUT2D eigenvalue weighted by Gasteiger charge is -2.12. The lowest BCUT2D eigenvalue weighted by atomic mass is 10.2. The van der Waals surface area contributed by atoms with Crippen LogP contribution in [-0.2, 0) is 16.1 Å². The van der Waals surface area contributed by atoms with Crippen LogP contribution in [0, 0.1) is 5.92 Å². The van der Waals surface area contributed by atoms with Gasteiger partial charge in [0.05, 0.1) is 5.25 Å². The van der Waals surface area contributed by atoms with Crippen molar-refractivity contribution in [2.75, 3.05) is 6.54 Å². The number of carbonyl (C=O) groups excluding carboxylic acids is 1. The van der Waals surface area contributed by atoms with Crippen LogP contribution in [0.5, 0.6) is 0 Å². The first-order valence-electron chi connectivity index (χ1n) is 5.82. The second-order valence-electron chi connectivity index (χ2n) is 4.41. The Balaban J connectivity index is 2.56. The molecule has 2 N–H and O–H groups in total. The third kappa shape index (κ3) is 5.25.